The van der Waals surface area contributed by atoms with E-state index in [4.69, 9.17) is 21.1 Å². The highest BCUT2D eigenvalue weighted by atomic mass is 35.5. The van der Waals surface area contributed by atoms with E-state index >= 15 is 0 Å². The Hall–Kier alpha value is -3.35. The molecule has 2 aliphatic rings. The molecule has 0 amide bonds. The molecular weight excluding hydrogens is 500 g/mol. The Morgan fingerprint density at radius 1 is 1.16 bits per heavy atom. The van der Waals surface area contributed by atoms with Crippen LogP contribution in [-0.2, 0) is 11.2 Å². The fraction of sp³-hybridized carbons (Fsp3) is 0.355. The van der Waals surface area contributed by atoms with Gasteiger partial charge in [-0.15, -0.1) is 0 Å². The number of carbonyl (C=O) groups is 1. The summed E-state index contributed by atoms with van der Waals surface area (Å²) in [6.07, 6.45) is 7.74. The molecule has 1 N–H and O–H groups in total. The molecule has 7 heteroatoms. The van der Waals surface area contributed by atoms with Gasteiger partial charge < -0.3 is 19.5 Å². The van der Waals surface area contributed by atoms with Crippen LogP contribution in [0.25, 0.3) is 5.57 Å². The summed E-state index contributed by atoms with van der Waals surface area (Å²) >= 11 is 6.06. The van der Waals surface area contributed by atoms with Crippen LogP contribution in [0.5, 0.6) is 17.4 Å². The highest BCUT2D eigenvalue weighted by Gasteiger charge is 2.32. The van der Waals surface area contributed by atoms with Crippen LogP contribution in [0.2, 0.25) is 5.02 Å². The zero-order valence-electron chi connectivity index (χ0n) is 21.8. The average Bonchev–Trinajstić information content (AvgIpc) is 3.07. The predicted molar refractivity (Wildman–Crippen MR) is 149 cm³/mol. The number of carboxylic acid groups (broad SMARTS) is 1. The number of nitrogens with zero attached hydrogens (tertiary/aromatic N) is 2. The quantitative estimate of drug-likeness (QED) is 0.354. The topological polar surface area (TPSA) is 71.9 Å². The summed E-state index contributed by atoms with van der Waals surface area (Å²) in [6, 6.07) is 17.7. The van der Waals surface area contributed by atoms with E-state index in [9.17, 15) is 9.90 Å². The number of halogens is 1. The van der Waals surface area contributed by atoms with Gasteiger partial charge in [-0.05, 0) is 99.7 Å². The van der Waals surface area contributed by atoms with E-state index in [0.29, 0.717) is 29.7 Å². The number of fused-ring (bicyclic) bond motifs is 2. The molecule has 1 fully saturated rings. The number of aromatic nitrogens is 1. The van der Waals surface area contributed by atoms with Crippen molar-refractivity contribution in [1.29, 1.82) is 0 Å². The van der Waals surface area contributed by atoms with E-state index in [1.807, 2.05) is 36.4 Å². The van der Waals surface area contributed by atoms with Gasteiger partial charge in [0.2, 0.25) is 5.88 Å². The first-order valence-corrected chi connectivity index (χ1v) is 13.5. The van der Waals surface area contributed by atoms with Crippen LogP contribution in [0.3, 0.4) is 0 Å². The second kappa shape index (κ2) is 11.2. The average molecular weight is 533 g/mol. The van der Waals surface area contributed by atoms with Gasteiger partial charge in [0.25, 0.3) is 0 Å². The summed E-state index contributed by atoms with van der Waals surface area (Å²) in [5.41, 5.74) is 2.89. The van der Waals surface area contributed by atoms with Gasteiger partial charge in [0.05, 0.1) is 0 Å². The maximum atomic E-state index is 11.7. The monoisotopic (exact) mass is 532 g/mol. The van der Waals surface area contributed by atoms with Crippen LogP contribution in [0.1, 0.15) is 55.7 Å². The molecule has 1 saturated heterocycles. The largest absolute Gasteiger partial charge is 0.478 e. The molecular formula is C31H33ClN2O4. The second-order valence-corrected chi connectivity index (χ2v) is 10.9. The number of likely N-dealkylation sites (tertiary alicyclic amines) is 1. The minimum Gasteiger partial charge on any atom is -0.478 e. The van der Waals surface area contributed by atoms with Crippen molar-refractivity contribution < 1.29 is 19.4 Å². The van der Waals surface area contributed by atoms with Crippen LogP contribution in [0.15, 0.2) is 66.9 Å². The number of aliphatic carboxylic acids is 1. The third-order valence-electron chi connectivity index (χ3n) is 7.43. The van der Waals surface area contributed by atoms with Crippen LogP contribution >= 0.6 is 11.6 Å². The maximum absolute atomic E-state index is 11.7. The number of rotatable bonds is 7. The zero-order chi connectivity index (χ0) is 26.7. The molecule has 2 aromatic carbocycles. The minimum atomic E-state index is -1.37. The summed E-state index contributed by atoms with van der Waals surface area (Å²) in [7, 11) is 0. The van der Waals surface area contributed by atoms with E-state index in [1.54, 1.807) is 26.1 Å². The van der Waals surface area contributed by atoms with Gasteiger partial charge >= 0.3 is 5.97 Å². The fourth-order valence-corrected chi connectivity index (χ4v) is 5.29. The van der Waals surface area contributed by atoms with Crippen molar-refractivity contribution in [2.45, 2.75) is 51.0 Å². The highest BCUT2D eigenvalue weighted by molar-refractivity contribution is 6.30. The molecule has 0 saturated carbocycles. The number of piperidine rings is 1. The zero-order valence-corrected chi connectivity index (χ0v) is 22.6. The lowest BCUT2D eigenvalue weighted by Crippen LogP contribution is -2.38. The molecule has 3 heterocycles. The molecule has 198 valence electrons. The summed E-state index contributed by atoms with van der Waals surface area (Å²) in [6.45, 7) is 6.22. The molecule has 0 atom stereocenters. The van der Waals surface area contributed by atoms with E-state index < -0.39 is 11.6 Å². The van der Waals surface area contributed by atoms with Crippen molar-refractivity contribution >= 4 is 23.1 Å². The maximum Gasteiger partial charge on any atom is 0.347 e. The standard InChI is InChI=1S/C31H33ClN2O4/c1-31(2,30(35)36)38-28-9-3-8-27-26(28)20-23(25-7-4-16-33-29(25)37-27)6-5-17-34-18-14-22(15-19-34)21-10-12-24(32)13-11-21/h3-4,6-13,16,22H,5,14-15,17-20H2,1-2H3,(H,35,36)/b23-6-. The number of allylic oxidation sites excluding steroid dienone is 1. The SMILES string of the molecule is CC(C)(Oc1cccc2c1C/C(=C/CCN1CCC(c3ccc(Cl)cc3)CC1)c1cccnc1O2)C(=O)O. The Labute approximate surface area is 228 Å². The highest BCUT2D eigenvalue weighted by Crippen LogP contribution is 2.42. The van der Waals surface area contributed by atoms with Gasteiger partial charge in [-0.25, -0.2) is 9.78 Å². The van der Waals surface area contributed by atoms with Crippen molar-refractivity contribution in [3.63, 3.8) is 0 Å². The Kier molecular flexibility index (Phi) is 7.73. The Morgan fingerprint density at radius 3 is 2.66 bits per heavy atom. The Bertz CT molecular complexity index is 1330. The molecule has 6 nitrogen and oxygen atoms in total. The number of pyridine rings is 1. The number of hydrogen-bond acceptors (Lipinski definition) is 5. The molecule has 1 aromatic heterocycles. The number of ether oxygens (including phenoxy) is 2. The lowest BCUT2D eigenvalue weighted by Gasteiger charge is -2.32. The van der Waals surface area contributed by atoms with Crippen molar-refractivity contribution in [2.75, 3.05) is 19.6 Å². The smallest absolute Gasteiger partial charge is 0.347 e. The molecule has 0 unspecified atom stereocenters. The first-order valence-electron chi connectivity index (χ1n) is 13.1. The van der Waals surface area contributed by atoms with Crippen molar-refractivity contribution in [3.8, 4) is 17.4 Å². The summed E-state index contributed by atoms with van der Waals surface area (Å²) in [5, 5.41) is 10.4. The molecule has 0 aliphatic carbocycles. The molecule has 0 spiro atoms. The Balaban J connectivity index is 1.31. The molecule has 2 aliphatic heterocycles. The first kappa shape index (κ1) is 26.3. The molecule has 0 bridgehead atoms. The first-order chi connectivity index (χ1) is 18.3. The van der Waals surface area contributed by atoms with Gasteiger partial charge in [0.1, 0.15) is 11.5 Å². The molecule has 3 aromatic rings. The molecule has 5 rings (SSSR count). The third kappa shape index (κ3) is 5.87. The van der Waals surface area contributed by atoms with Gasteiger partial charge in [-0.3, -0.25) is 0 Å². The number of hydrogen-bond donors (Lipinski definition) is 1. The lowest BCUT2D eigenvalue weighted by atomic mass is 9.89. The van der Waals surface area contributed by atoms with E-state index in [-0.39, 0.29) is 0 Å². The predicted octanol–water partition coefficient (Wildman–Crippen LogP) is 6.98. The van der Waals surface area contributed by atoms with E-state index in [1.165, 1.54) is 5.56 Å². The van der Waals surface area contributed by atoms with Gasteiger partial charge in [0, 0.05) is 35.3 Å². The summed E-state index contributed by atoms with van der Waals surface area (Å²) < 4.78 is 12.2. The number of benzene rings is 2. The molecule has 38 heavy (non-hydrogen) atoms. The van der Waals surface area contributed by atoms with Gasteiger partial charge in [-0.2, -0.15) is 0 Å². The normalized spacial score (nSPS) is 17.3. The third-order valence-corrected chi connectivity index (χ3v) is 7.68. The van der Waals surface area contributed by atoms with Crippen LogP contribution in [0, 0.1) is 0 Å². The summed E-state index contributed by atoms with van der Waals surface area (Å²) in [5.74, 6) is 1.26. The van der Waals surface area contributed by atoms with Crippen molar-refractivity contribution in [2.24, 2.45) is 0 Å². The van der Waals surface area contributed by atoms with Crippen molar-refractivity contribution in [3.05, 3.63) is 88.6 Å². The fourth-order valence-electron chi connectivity index (χ4n) is 5.16. The van der Waals surface area contributed by atoms with Gasteiger partial charge in [-0.1, -0.05) is 35.9 Å². The molecule has 0 radical (unpaired) electrons. The van der Waals surface area contributed by atoms with Crippen LogP contribution in [-0.4, -0.2) is 46.2 Å². The van der Waals surface area contributed by atoms with E-state index in [2.05, 4.69) is 28.1 Å². The van der Waals surface area contributed by atoms with Crippen molar-refractivity contribution in [1.82, 2.24) is 9.88 Å². The second-order valence-electron chi connectivity index (χ2n) is 10.5. The Morgan fingerprint density at radius 2 is 1.92 bits per heavy atom. The minimum absolute atomic E-state index is 0.512. The van der Waals surface area contributed by atoms with E-state index in [0.717, 1.165) is 60.6 Å². The van der Waals surface area contributed by atoms with Gasteiger partial charge in [0.15, 0.2) is 5.60 Å². The summed E-state index contributed by atoms with van der Waals surface area (Å²) in [4.78, 5) is 18.7. The number of carboxylic acids is 1. The van der Waals surface area contributed by atoms with Crippen LogP contribution in [0.4, 0.5) is 0 Å². The lowest BCUT2D eigenvalue weighted by molar-refractivity contribution is -0.152. The van der Waals surface area contributed by atoms with Crippen LogP contribution < -0.4 is 9.47 Å².